The van der Waals surface area contributed by atoms with Crippen molar-refractivity contribution in [1.29, 1.82) is 0 Å². The maximum absolute atomic E-state index is 13.3. The minimum absolute atomic E-state index is 0.137. The van der Waals surface area contributed by atoms with Gasteiger partial charge in [0.2, 0.25) is 0 Å². The van der Waals surface area contributed by atoms with Crippen LogP contribution in [0.25, 0.3) is 22.2 Å². The molecule has 2 aromatic carbocycles. The second kappa shape index (κ2) is 10.1. The number of pyridine rings is 2. The van der Waals surface area contributed by atoms with Gasteiger partial charge in [0.05, 0.1) is 23.9 Å². The van der Waals surface area contributed by atoms with Crippen molar-refractivity contribution < 1.29 is 9.53 Å². The molecule has 1 fully saturated rings. The summed E-state index contributed by atoms with van der Waals surface area (Å²) in [5.74, 6) is 1.62. The van der Waals surface area contributed by atoms with Gasteiger partial charge in [0, 0.05) is 49.9 Å². The molecule has 5 rings (SSSR count). The summed E-state index contributed by atoms with van der Waals surface area (Å²) in [7, 11) is 3.78. The number of methoxy groups -OCH3 is 1. The molecule has 1 saturated heterocycles. The number of hydrogen-bond acceptors (Lipinski definition) is 6. The van der Waals surface area contributed by atoms with Crippen molar-refractivity contribution in [2.24, 2.45) is 0 Å². The molecule has 7 nitrogen and oxygen atoms in total. The molecule has 0 aliphatic carbocycles. The summed E-state index contributed by atoms with van der Waals surface area (Å²) in [4.78, 5) is 27.3. The van der Waals surface area contributed by atoms with Gasteiger partial charge in [0.1, 0.15) is 11.6 Å². The van der Waals surface area contributed by atoms with Crippen LogP contribution in [-0.2, 0) is 6.54 Å². The molecule has 0 bridgehead atoms. The standard InChI is InChI=1S/C28H29N5O2/c1-32-13-15-33(16-14-32)27-12-7-20(18-29-27)19-30-28(34)24-17-26(21-8-10-22(35-2)11-9-21)31-25-6-4-3-5-23(24)25/h3-12,17-18H,13-16,19H2,1-2H3,(H,30,34). The third-order valence-corrected chi connectivity index (χ3v) is 6.44. The molecule has 7 heteroatoms. The van der Waals surface area contributed by atoms with E-state index in [4.69, 9.17) is 9.72 Å². The van der Waals surface area contributed by atoms with Crippen molar-refractivity contribution >= 4 is 22.6 Å². The van der Waals surface area contributed by atoms with E-state index in [1.807, 2.05) is 72.9 Å². The SMILES string of the molecule is COc1ccc(-c2cc(C(=O)NCc3ccc(N4CCN(C)CC4)nc3)c3ccccc3n2)cc1. The van der Waals surface area contributed by atoms with Gasteiger partial charge < -0.3 is 19.9 Å². The largest absolute Gasteiger partial charge is 0.497 e. The fraction of sp³-hybridized carbons (Fsp3) is 0.250. The lowest BCUT2D eigenvalue weighted by Gasteiger charge is -2.33. The number of ether oxygens (including phenoxy) is 1. The Balaban J connectivity index is 1.33. The highest BCUT2D eigenvalue weighted by Gasteiger charge is 2.16. The number of rotatable bonds is 6. The Morgan fingerprint density at radius 2 is 1.77 bits per heavy atom. The van der Waals surface area contributed by atoms with Gasteiger partial charge in [-0.2, -0.15) is 0 Å². The van der Waals surface area contributed by atoms with Gasteiger partial charge in [0.25, 0.3) is 5.91 Å². The van der Waals surface area contributed by atoms with Crippen molar-refractivity contribution in [2.45, 2.75) is 6.54 Å². The van der Waals surface area contributed by atoms with Crippen LogP contribution in [0.5, 0.6) is 5.75 Å². The summed E-state index contributed by atoms with van der Waals surface area (Å²) in [6.07, 6.45) is 1.85. The quantitative estimate of drug-likeness (QED) is 0.463. The van der Waals surface area contributed by atoms with E-state index in [1.165, 1.54) is 0 Å². The van der Waals surface area contributed by atoms with Crippen molar-refractivity contribution in [1.82, 2.24) is 20.2 Å². The summed E-state index contributed by atoms with van der Waals surface area (Å²) in [6, 6.07) is 21.3. The Morgan fingerprint density at radius 3 is 2.49 bits per heavy atom. The molecule has 0 radical (unpaired) electrons. The van der Waals surface area contributed by atoms with Gasteiger partial charge in [-0.1, -0.05) is 24.3 Å². The molecule has 1 amide bonds. The number of benzene rings is 2. The Hall–Kier alpha value is -3.97. The molecule has 1 N–H and O–H groups in total. The number of fused-ring (bicyclic) bond motifs is 1. The average Bonchev–Trinajstić information content (AvgIpc) is 2.92. The monoisotopic (exact) mass is 467 g/mol. The van der Waals surface area contributed by atoms with E-state index in [0.29, 0.717) is 12.1 Å². The van der Waals surface area contributed by atoms with E-state index in [0.717, 1.165) is 65.5 Å². The van der Waals surface area contributed by atoms with Gasteiger partial charge in [-0.25, -0.2) is 9.97 Å². The van der Waals surface area contributed by atoms with E-state index >= 15 is 0 Å². The summed E-state index contributed by atoms with van der Waals surface area (Å²) in [5, 5.41) is 3.89. The van der Waals surface area contributed by atoms with Crippen LogP contribution in [0.15, 0.2) is 72.9 Å². The molecule has 1 aliphatic heterocycles. The zero-order valence-electron chi connectivity index (χ0n) is 20.1. The first-order valence-corrected chi connectivity index (χ1v) is 11.8. The smallest absolute Gasteiger partial charge is 0.252 e. The first-order chi connectivity index (χ1) is 17.1. The number of hydrogen-bond donors (Lipinski definition) is 1. The molecule has 0 unspecified atom stereocenters. The average molecular weight is 468 g/mol. The van der Waals surface area contributed by atoms with E-state index in [2.05, 4.69) is 27.1 Å². The van der Waals surface area contributed by atoms with Crippen LogP contribution in [0.2, 0.25) is 0 Å². The predicted molar refractivity (Wildman–Crippen MR) is 139 cm³/mol. The van der Waals surface area contributed by atoms with Crippen LogP contribution >= 0.6 is 0 Å². The lowest BCUT2D eigenvalue weighted by Crippen LogP contribution is -2.44. The third kappa shape index (κ3) is 5.10. The number of amides is 1. The Morgan fingerprint density at radius 1 is 1.00 bits per heavy atom. The third-order valence-electron chi connectivity index (χ3n) is 6.44. The van der Waals surface area contributed by atoms with Crippen LogP contribution in [0.4, 0.5) is 5.82 Å². The maximum atomic E-state index is 13.3. The number of nitrogens with zero attached hydrogens (tertiary/aromatic N) is 4. The minimum Gasteiger partial charge on any atom is -0.497 e. The number of para-hydroxylation sites is 1. The van der Waals surface area contributed by atoms with Gasteiger partial charge >= 0.3 is 0 Å². The summed E-state index contributed by atoms with van der Waals surface area (Å²) < 4.78 is 5.26. The summed E-state index contributed by atoms with van der Waals surface area (Å²) in [6.45, 7) is 4.44. The fourth-order valence-electron chi connectivity index (χ4n) is 4.29. The molecule has 0 spiro atoms. The lowest BCUT2D eigenvalue weighted by molar-refractivity contribution is 0.0952. The first kappa shape index (κ1) is 22.8. The van der Waals surface area contributed by atoms with Crippen LogP contribution in [0, 0.1) is 0 Å². The maximum Gasteiger partial charge on any atom is 0.252 e. The molecule has 2 aromatic heterocycles. The predicted octanol–water partition coefficient (Wildman–Crippen LogP) is 3.99. The second-order valence-electron chi connectivity index (χ2n) is 8.80. The lowest BCUT2D eigenvalue weighted by atomic mass is 10.0. The van der Waals surface area contributed by atoms with E-state index in [-0.39, 0.29) is 5.91 Å². The molecular formula is C28H29N5O2. The Kier molecular flexibility index (Phi) is 6.59. The normalized spacial score (nSPS) is 14.2. The fourth-order valence-corrected chi connectivity index (χ4v) is 4.29. The number of piperazine rings is 1. The molecule has 3 heterocycles. The van der Waals surface area contributed by atoms with E-state index in [1.54, 1.807) is 7.11 Å². The van der Waals surface area contributed by atoms with Crippen LogP contribution in [0.3, 0.4) is 0 Å². The zero-order chi connectivity index (χ0) is 24.2. The van der Waals surface area contributed by atoms with Gasteiger partial charge in [-0.15, -0.1) is 0 Å². The molecule has 0 atom stereocenters. The number of aromatic nitrogens is 2. The van der Waals surface area contributed by atoms with Crippen LogP contribution in [0.1, 0.15) is 15.9 Å². The molecule has 0 saturated carbocycles. The minimum atomic E-state index is -0.137. The Labute approximate surface area is 205 Å². The number of carbonyl (C=O) groups excluding carboxylic acids is 1. The Bertz CT molecular complexity index is 1310. The molecule has 4 aromatic rings. The van der Waals surface area contributed by atoms with E-state index in [9.17, 15) is 4.79 Å². The van der Waals surface area contributed by atoms with Crippen molar-refractivity contribution in [2.75, 3.05) is 45.2 Å². The molecule has 35 heavy (non-hydrogen) atoms. The number of carbonyl (C=O) groups is 1. The first-order valence-electron chi connectivity index (χ1n) is 11.8. The van der Waals surface area contributed by atoms with Crippen molar-refractivity contribution in [3.05, 3.63) is 84.1 Å². The second-order valence-corrected chi connectivity index (χ2v) is 8.80. The highest BCUT2D eigenvalue weighted by atomic mass is 16.5. The number of likely N-dealkylation sites (N-methyl/N-ethyl adjacent to an activating group) is 1. The topological polar surface area (TPSA) is 70.6 Å². The van der Waals surface area contributed by atoms with Crippen LogP contribution in [-0.4, -0.2) is 61.1 Å². The van der Waals surface area contributed by atoms with Crippen LogP contribution < -0.4 is 15.0 Å². The summed E-state index contributed by atoms with van der Waals surface area (Å²) in [5.41, 5.74) is 4.02. The van der Waals surface area contributed by atoms with Gasteiger partial charge in [0.15, 0.2) is 0 Å². The molecule has 178 valence electrons. The molecular weight excluding hydrogens is 438 g/mol. The highest BCUT2D eigenvalue weighted by molar-refractivity contribution is 6.07. The van der Waals surface area contributed by atoms with Crippen molar-refractivity contribution in [3.63, 3.8) is 0 Å². The number of nitrogens with one attached hydrogen (secondary N) is 1. The van der Waals surface area contributed by atoms with Gasteiger partial charge in [-0.05, 0) is 55.1 Å². The zero-order valence-corrected chi connectivity index (χ0v) is 20.1. The van der Waals surface area contributed by atoms with Gasteiger partial charge in [-0.3, -0.25) is 4.79 Å². The summed E-state index contributed by atoms with van der Waals surface area (Å²) >= 11 is 0. The van der Waals surface area contributed by atoms with E-state index < -0.39 is 0 Å². The highest BCUT2D eigenvalue weighted by Crippen LogP contribution is 2.26. The number of anilines is 1. The van der Waals surface area contributed by atoms with Crippen molar-refractivity contribution in [3.8, 4) is 17.0 Å². The molecule has 1 aliphatic rings.